The van der Waals surface area contributed by atoms with Crippen LogP contribution in [0.4, 0.5) is 5.69 Å². The number of ether oxygens (including phenoxy) is 1. The van der Waals surface area contributed by atoms with Crippen molar-refractivity contribution in [3.8, 4) is 5.75 Å². The normalized spacial score (nSPS) is 19.3. The zero-order valence-corrected chi connectivity index (χ0v) is 10.7. The summed E-state index contributed by atoms with van der Waals surface area (Å²) in [7, 11) is 1.44. The molecule has 98 valence electrons. The second-order valence-electron chi connectivity index (χ2n) is 5.06. The fourth-order valence-electron chi connectivity index (χ4n) is 2.46. The largest absolute Gasteiger partial charge is 0.595 e. The van der Waals surface area contributed by atoms with E-state index in [1.165, 1.54) is 7.11 Å². The van der Waals surface area contributed by atoms with Gasteiger partial charge < -0.3 is 9.94 Å². The fourth-order valence-corrected chi connectivity index (χ4v) is 2.46. The Labute approximate surface area is 106 Å². The number of fused-ring (bicyclic) bond motifs is 1. The Morgan fingerprint density at radius 1 is 1.39 bits per heavy atom. The van der Waals surface area contributed by atoms with Gasteiger partial charge >= 0.3 is 0 Å². The van der Waals surface area contributed by atoms with E-state index >= 15 is 0 Å². The highest BCUT2D eigenvalue weighted by Crippen LogP contribution is 2.38. The number of hydrogen-bond acceptors (Lipinski definition) is 4. The number of carbonyl (C=O) groups is 1. The van der Waals surface area contributed by atoms with Crippen molar-refractivity contribution in [3.05, 3.63) is 28.5 Å². The molecule has 0 bridgehead atoms. The monoisotopic (exact) mass is 251 g/mol. The van der Waals surface area contributed by atoms with Gasteiger partial charge in [0.1, 0.15) is 5.78 Å². The minimum atomic E-state index is -1.01. The van der Waals surface area contributed by atoms with Gasteiger partial charge in [0, 0.05) is 17.9 Å². The van der Waals surface area contributed by atoms with Crippen molar-refractivity contribution in [2.75, 3.05) is 7.11 Å². The molecule has 1 aromatic rings. The number of nitrogens with one attached hydrogen (secondary N) is 1. The van der Waals surface area contributed by atoms with Crippen LogP contribution in [0.1, 0.15) is 31.4 Å². The molecule has 0 amide bonds. The van der Waals surface area contributed by atoms with Crippen molar-refractivity contribution in [2.45, 2.75) is 32.1 Å². The summed E-state index contributed by atoms with van der Waals surface area (Å²) >= 11 is 0. The lowest BCUT2D eigenvalue weighted by Crippen LogP contribution is -2.99. The molecule has 0 saturated carbocycles. The van der Waals surface area contributed by atoms with E-state index in [4.69, 9.17) is 9.94 Å². The SMILES string of the molecule is COc1cc2c(cc1[NH+]([O-])O)CCC(=O)C2(C)C. The first kappa shape index (κ1) is 13.0. The van der Waals surface area contributed by atoms with E-state index < -0.39 is 10.6 Å². The first-order valence-corrected chi connectivity index (χ1v) is 5.86. The number of methoxy groups -OCH3 is 1. The molecule has 2 rings (SSSR count). The van der Waals surface area contributed by atoms with E-state index in [1.54, 1.807) is 12.1 Å². The molecule has 0 saturated heterocycles. The number of quaternary nitrogens is 1. The molecule has 1 atom stereocenters. The molecular formula is C13H17NO4. The Morgan fingerprint density at radius 3 is 2.61 bits per heavy atom. The van der Waals surface area contributed by atoms with Crippen LogP contribution in [0.3, 0.4) is 0 Å². The van der Waals surface area contributed by atoms with Gasteiger partial charge in [0.25, 0.3) is 0 Å². The zero-order valence-electron chi connectivity index (χ0n) is 10.7. The second-order valence-corrected chi connectivity index (χ2v) is 5.06. The quantitative estimate of drug-likeness (QED) is 0.766. The van der Waals surface area contributed by atoms with Gasteiger partial charge in [-0.1, -0.05) is 0 Å². The highest BCUT2D eigenvalue weighted by atomic mass is 16.8. The molecule has 18 heavy (non-hydrogen) atoms. The zero-order chi connectivity index (χ0) is 13.5. The summed E-state index contributed by atoms with van der Waals surface area (Å²) in [6, 6.07) is 3.32. The van der Waals surface area contributed by atoms with Gasteiger partial charge in [0.2, 0.25) is 5.69 Å². The van der Waals surface area contributed by atoms with Gasteiger partial charge in [0.05, 0.1) is 7.11 Å². The lowest BCUT2D eigenvalue weighted by Gasteiger charge is -2.32. The highest BCUT2D eigenvalue weighted by molar-refractivity contribution is 5.91. The molecule has 1 unspecified atom stereocenters. The van der Waals surface area contributed by atoms with Crippen LogP contribution < -0.4 is 9.96 Å². The van der Waals surface area contributed by atoms with E-state index in [0.29, 0.717) is 18.6 Å². The maximum Gasteiger partial charge on any atom is 0.206 e. The van der Waals surface area contributed by atoms with Crippen LogP contribution in [0, 0.1) is 5.21 Å². The first-order chi connectivity index (χ1) is 8.37. The molecular weight excluding hydrogens is 234 g/mol. The van der Waals surface area contributed by atoms with Gasteiger partial charge in [-0.3, -0.25) is 4.79 Å². The molecule has 1 aliphatic rings. The van der Waals surface area contributed by atoms with Crippen LogP contribution in [-0.4, -0.2) is 18.1 Å². The summed E-state index contributed by atoms with van der Waals surface area (Å²) in [5.41, 5.74) is 1.39. The third-order valence-electron chi connectivity index (χ3n) is 3.65. The van der Waals surface area contributed by atoms with Gasteiger partial charge in [-0.05, 0) is 37.5 Å². The molecule has 0 aliphatic heterocycles. The number of aryl methyl sites for hydroxylation is 1. The summed E-state index contributed by atoms with van der Waals surface area (Å²) < 4.78 is 5.11. The average molecular weight is 251 g/mol. The van der Waals surface area contributed by atoms with Crippen molar-refractivity contribution in [1.29, 1.82) is 0 Å². The third-order valence-corrected chi connectivity index (χ3v) is 3.65. The number of carbonyl (C=O) groups excluding carboxylic acids is 1. The van der Waals surface area contributed by atoms with Gasteiger partial charge in [0.15, 0.2) is 5.75 Å². The molecule has 5 nitrogen and oxygen atoms in total. The number of hydrogen-bond donors (Lipinski definition) is 2. The molecule has 2 N–H and O–H groups in total. The smallest absolute Gasteiger partial charge is 0.206 e. The van der Waals surface area contributed by atoms with Gasteiger partial charge in [-0.25, -0.2) is 5.21 Å². The summed E-state index contributed by atoms with van der Waals surface area (Å²) in [6.07, 6.45) is 1.06. The molecule has 0 radical (unpaired) electrons. The number of Topliss-reactive ketones (excluding diaryl/α,β-unsaturated/α-hetero) is 1. The van der Waals surface area contributed by atoms with Crippen molar-refractivity contribution in [2.24, 2.45) is 0 Å². The van der Waals surface area contributed by atoms with E-state index in [-0.39, 0.29) is 11.5 Å². The second kappa shape index (κ2) is 4.35. The minimum absolute atomic E-state index is 0.154. The Balaban J connectivity index is 2.62. The van der Waals surface area contributed by atoms with Crippen LogP contribution >= 0.6 is 0 Å². The van der Waals surface area contributed by atoms with E-state index in [2.05, 4.69) is 0 Å². The molecule has 0 fully saturated rings. The molecule has 0 spiro atoms. The fraction of sp³-hybridized carbons (Fsp3) is 0.462. The maximum absolute atomic E-state index is 11.9. The molecule has 5 heteroatoms. The van der Waals surface area contributed by atoms with Crippen molar-refractivity contribution in [1.82, 2.24) is 0 Å². The van der Waals surface area contributed by atoms with E-state index in [9.17, 15) is 10.0 Å². The predicted molar refractivity (Wildman–Crippen MR) is 65.1 cm³/mol. The molecule has 1 aromatic carbocycles. The Bertz CT molecular complexity index is 494. The molecule has 0 aromatic heterocycles. The molecule has 1 aliphatic carbocycles. The maximum atomic E-state index is 11.9. The number of ketones is 1. The summed E-state index contributed by atoms with van der Waals surface area (Å²) in [5, 5.41) is 19.3. The average Bonchev–Trinajstić information content (AvgIpc) is 2.33. The lowest BCUT2D eigenvalue weighted by molar-refractivity contribution is -0.991. The number of benzene rings is 1. The van der Waals surface area contributed by atoms with Gasteiger partial charge in [-0.2, -0.15) is 5.23 Å². The number of rotatable bonds is 2. The van der Waals surface area contributed by atoms with E-state index in [0.717, 1.165) is 11.1 Å². The Kier molecular flexibility index (Phi) is 3.14. The van der Waals surface area contributed by atoms with Crippen LogP contribution in [0.2, 0.25) is 0 Å². The Hall–Kier alpha value is -1.43. The lowest BCUT2D eigenvalue weighted by atomic mass is 9.71. The van der Waals surface area contributed by atoms with Crippen LogP contribution in [0.25, 0.3) is 0 Å². The molecule has 0 heterocycles. The van der Waals surface area contributed by atoms with E-state index in [1.807, 2.05) is 13.8 Å². The van der Waals surface area contributed by atoms with Crippen LogP contribution in [-0.2, 0) is 16.6 Å². The summed E-state index contributed by atoms with van der Waals surface area (Å²) in [4.78, 5) is 11.9. The van der Waals surface area contributed by atoms with Crippen molar-refractivity contribution in [3.63, 3.8) is 0 Å². The third kappa shape index (κ3) is 1.90. The summed E-state index contributed by atoms with van der Waals surface area (Å²) in [6.45, 7) is 3.74. The van der Waals surface area contributed by atoms with Crippen molar-refractivity contribution < 1.29 is 20.0 Å². The van der Waals surface area contributed by atoms with Gasteiger partial charge in [-0.15, -0.1) is 0 Å². The Morgan fingerprint density at radius 2 is 2.06 bits per heavy atom. The summed E-state index contributed by atoms with van der Waals surface area (Å²) in [5.74, 6) is 0.490. The first-order valence-electron chi connectivity index (χ1n) is 5.86. The predicted octanol–water partition coefficient (Wildman–Crippen LogP) is 0.891. The highest BCUT2D eigenvalue weighted by Gasteiger charge is 2.36. The van der Waals surface area contributed by atoms with Crippen molar-refractivity contribution >= 4 is 11.5 Å². The minimum Gasteiger partial charge on any atom is -0.595 e. The van der Waals surface area contributed by atoms with Crippen LogP contribution in [0.5, 0.6) is 5.75 Å². The van der Waals surface area contributed by atoms with Crippen LogP contribution in [0.15, 0.2) is 12.1 Å². The standard InChI is InChI=1S/C13H17NO4/c1-13(2)9-7-11(18-3)10(14(16)17)6-8(9)4-5-12(13)15/h6-7,14,16H,4-5H2,1-3H3. The topological polar surface area (TPSA) is 74.0 Å².